The first-order chi connectivity index (χ1) is 11.1. The van der Waals surface area contributed by atoms with Crippen molar-refractivity contribution in [3.63, 3.8) is 0 Å². The first-order valence-electron chi connectivity index (χ1n) is 7.34. The van der Waals surface area contributed by atoms with Crippen LogP contribution in [0.1, 0.15) is 6.92 Å². The minimum Gasteiger partial charge on any atom is -0.358 e. The smallest absolute Gasteiger partial charge is 0.244 e. The maximum absolute atomic E-state index is 12.1. The highest BCUT2D eigenvalue weighted by molar-refractivity contribution is 7.13. The molecule has 0 fully saturated rings. The maximum atomic E-state index is 12.1. The van der Waals surface area contributed by atoms with Gasteiger partial charge in [-0.3, -0.25) is 4.79 Å². The van der Waals surface area contributed by atoms with Gasteiger partial charge < -0.3 is 10.2 Å². The Morgan fingerprint density at radius 1 is 1.17 bits per heavy atom. The van der Waals surface area contributed by atoms with Gasteiger partial charge in [0.25, 0.3) is 0 Å². The van der Waals surface area contributed by atoms with Gasteiger partial charge in [-0.15, -0.1) is 11.3 Å². The van der Waals surface area contributed by atoms with Gasteiger partial charge in [0.1, 0.15) is 11.9 Å². The number of carbonyl (C=O) groups is 1. The van der Waals surface area contributed by atoms with Crippen LogP contribution in [0.2, 0.25) is 0 Å². The Labute approximate surface area is 139 Å². The normalized spacial score (nSPS) is 12.1. The molecule has 6 heteroatoms. The molecule has 0 spiro atoms. The molecule has 0 saturated heterocycles. The third-order valence-corrected chi connectivity index (χ3v) is 4.38. The number of carbonyl (C=O) groups excluding carboxylic acids is 1. The summed E-state index contributed by atoms with van der Waals surface area (Å²) in [5, 5.41) is 6.14. The van der Waals surface area contributed by atoms with Gasteiger partial charge in [0.15, 0.2) is 5.82 Å². The number of thiophene rings is 1. The lowest BCUT2D eigenvalue weighted by atomic mass is 10.2. The zero-order chi connectivity index (χ0) is 16.4. The Morgan fingerprint density at radius 2 is 1.96 bits per heavy atom. The van der Waals surface area contributed by atoms with Gasteiger partial charge in [-0.1, -0.05) is 18.2 Å². The lowest BCUT2D eigenvalue weighted by Crippen LogP contribution is -2.36. The number of amides is 1. The second kappa shape index (κ2) is 6.34. The number of hydrogen-bond donors (Lipinski definition) is 1. The molecule has 23 heavy (non-hydrogen) atoms. The van der Waals surface area contributed by atoms with Crippen molar-refractivity contribution >= 4 is 34.0 Å². The van der Waals surface area contributed by atoms with Crippen LogP contribution in [0.3, 0.4) is 0 Å². The van der Waals surface area contributed by atoms with E-state index < -0.39 is 0 Å². The summed E-state index contributed by atoms with van der Waals surface area (Å²) < 4.78 is 0. The molecule has 0 aliphatic rings. The number of benzene rings is 1. The van der Waals surface area contributed by atoms with Crippen LogP contribution in [0.4, 0.5) is 5.82 Å². The van der Waals surface area contributed by atoms with Gasteiger partial charge in [-0.2, -0.15) is 0 Å². The highest BCUT2D eigenvalue weighted by Crippen LogP contribution is 2.27. The van der Waals surface area contributed by atoms with E-state index in [2.05, 4.69) is 15.3 Å². The summed E-state index contributed by atoms with van der Waals surface area (Å²) in [5.74, 6) is 1.36. The number of fused-ring (bicyclic) bond motifs is 1. The van der Waals surface area contributed by atoms with E-state index in [0.29, 0.717) is 11.6 Å². The minimum atomic E-state index is -0.362. The molecular weight excluding hydrogens is 308 g/mol. The van der Waals surface area contributed by atoms with E-state index in [9.17, 15) is 4.79 Å². The SMILES string of the molecule is C[C@H](Nc1nc(-c2cccs2)nc2ccccc12)C(=O)N(C)C. The third kappa shape index (κ3) is 3.17. The molecular formula is C17H18N4OS. The summed E-state index contributed by atoms with van der Waals surface area (Å²) in [4.78, 5) is 24.0. The van der Waals surface area contributed by atoms with Crippen LogP contribution in [0.25, 0.3) is 21.6 Å². The lowest BCUT2D eigenvalue weighted by molar-refractivity contribution is -0.129. The lowest BCUT2D eigenvalue weighted by Gasteiger charge is -2.19. The molecule has 1 N–H and O–H groups in total. The highest BCUT2D eigenvalue weighted by Gasteiger charge is 2.17. The quantitative estimate of drug-likeness (QED) is 0.799. The molecule has 1 amide bonds. The minimum absolute atomic E-state index is 0.00497. The summed E-state index contributed by atoms with van der Waals surface area (Å²) in [6, 6.07) is 11.4. The molecule has 0 bridgehead atoms. The largest absolute Gasteiger partial charge is 0.358 e. The number of likely N-dealkylation sites (N-methyl/N-ethyl adjacent to an activating group) is 1. The van der Waals surface area contributed by atoms with Crippen molar-refractivity contribution < 1.29 is 4.79 Å². The number of rotatable bonds is 4. The number of hydrogen-bond acceptors (Lipinski definition) is 5. The number of anilines is 1. The van der Waals surface area contributed by atoms with Gasteiger partial charge in [-0.25, -0.2) is 9.97 Å². The molecule has 1 aromatic carbocycles. The Morgan fingerprint density at radius 3 is 2.65 bits per heavy atom. The van der Waals surface area contributed by atoms with E-state index in [1.54, 1.807) is 30.3 Å². The Kier molecular flexibility index (Phi) is 4.25. The fraction of sp³-hybridized carbons (Fsp3) is 0.235. The molecule has 1 atom stereocenters. The van der Waals surface area contributed by atoms with Crippen LogP contribution in [0, 0.1) is 0 Å². The monoisotopic (exact) mass is 326 g/mol. The van der Waals surface area contributed by atoms with E-state index in [0.717, 1.165) is 15.8 Å². The molecule has 0 aliphatic carbocycles. The van der Waals surface area contributed by atoms with Crippen LogP contribution < -0.4 is 5.32 Å². The summed E-state index contributed by atoms with van der Waals surface area (Å²) in [6.45, 7) is 1.84. The number of aromatic nitrogens is 2. The van der Waals surface area contributed by atoms with Gasteiger partial charge >= 0.3 is 0 Å². The summed E-state index contributed by atoms with van der Waals surface area (Å²) in [6.07, 6.45) is 0. The first-order valence-corrected chi connectivity index (χ1v) is 8.22. The third-order valence-electron chi connectivity index (χ3n) is 3.51. The molecule has 3 aromatic rings. The van der Waals surface area contributed by atoms with Crippen LogP contribution in [0.15, 0.2) is 41.8 Å². The van der Waals surface area contributed by atoms with Crippen molar-refractivity contribution in [3.05, 3.63) is 41.8 Å². The molecule has 2 heterocycles. The van der Waals surface area contributed by atoms with Gasteiger partial charge in [0.05, 0.1) is 10.4 Å². The molecule has 0 radical (unpaired) electrons. The zero-order valence-corrected chi connectivity index (χ0v) is 14.1. The van der Waals surface area contributed by atoms with Crippen LogP contribution in [-0.4, -0.2) is 40.9 Å². The topological polar surface area (TPSA) is 58.1 Å². The van der Waals surface area contributed by atoms with E-state index in [1.165, 1.54) is 0 Å². The average Bonchev–Trinajstić information content (AvgIpc) is 3.08. The maximum Gasteiger partial charge on any atom is 0.244 e. The molecule has 0 aliphatic heterocycles. The number of nitrogens with one attached hydrogen (secondary N) is 1. The molecule has 3 rings (SSSR count). The van der Waals surface area contributed by atoms with E-state index >= 15 is 0 Å². The van der Waals surface area contributed by atoms with Crippen LogP contribution in [-0.2, 0) is 4.79 Å². The van der Waals surface area contributed by atoms with Crippen molar-refractivity contribution in [1.29, 1.82) is 0 Å². The molecule has 0 unspecified atom stereocenters. The zero-order valence-electron chi connectivity index (χ0n) is 13.3. The first kappa shape index (κ1) is 15.4. The Bertz CT molecular complexity index is 830. The Balaban J connectivity index is 2.05. The van der Waals surface area contributed by atoms with E-state index in [-0.39, 0.29) is 11.9 Å². The summed E-state index contributed by atoms with van der Waals surface area (Å²) in [7, 11) is 3.49. The van der Waals surface area contributed by atoms with Gasteiger partial charge in [-0.05, 0) is 30.5 Å². The molecule has 118 valence electrons. The van der Waals surface area contributed by atoms with E-state index in [4.69, 9.17) is 0 Å². The van der Waals surface area contributed by atoms with Crippen LogP contribution in [0.5, 0.6) is 0 Å². The summed E-state index contributed by atoms with van der Waals surface area (Å²) in [5.41, 5.74) is 0.859. The fourth-order valence-corrected chi connectivity index (χ4v) is 3.01. The average molecular weight is 326 g/mol. The van der Waals surface area contributed by atoms with Crippen molar-refractivity contribution in [2.75, 3.05) is 19.4 Å². The molecule has 0 saturated carbocycles. The van der Waals surface area contributed by atoms with E-state index in [1.807, 2.05) is 48.7 Å². The summed E-state index contributed by atoms with van der Waals surface area (Å²) >= 11 is 1.60. The van der Waals surface area contributed by atoms with Crippen LogP contribution >= 0.6 is 11.3 Å². The molecule has 2 aromatic heterocycles. The second-order valence-corrected chi connectivity index (χ2v) is 6.44. The predicted octanol–water partition coefficient (Wildman–Crippen LogP) is 3.25. The van der Waals surface area contributed by atoms with Crippen molar-refractivity contribution in [2.45, 2.75) is 13.0 Å². The Hall–Kier alpha value is -2.47. The molecule has 5 nitrogen and oxygen atoms in total. The van der Waals surface area contributed by atoms with Crippen molar-refractivity contribution in [2.24, 2.45) is 0 Å². The predicted molar refractivity (Wildman–Crippen MR) is 94.6 cm³/mol. The highest BCUT2D eigenvalue weighted by atomic mass is 32.1. The van der Waals surface area contributed by atoms with Crippen molar-refractivity contribution in [3.8, 4) is 10.7 Å². The van der Waals surface area contributed by atoms with Gasteiger partial charge in [0.2, 0.25) is 5.91 Å². The fourth-order valence-electron chi connectivity index (χ4n) is 2.36. The standard InChI is InChI=1S/C17H18N4OS/c1-11(17(22)21(2)3)18-15-12-7-4-5-8-13(12)19-16(20-15)14-9-6-10-23-14/h4-11H,1-3H3,(H,18,19,20)/t11-/m0/s1. The second-order valence-electron chi connectivity index (χ2n) is 5.49. The van der Waals surface area contributed by atoms with Gasteiger partial charge in [0, 0.05) is 19.5 Å². The number of nitrogens with zero attached hydrogens (tertiary/aromatic N) is 3. The number of para-hydroxylation sites is 1. The van der Waals surface area contributed by atoms with Crippen molar-refractivity contribution in [1.82, 2.24) is 14.9 Å².